The van der Waals surface area contributed by atoms with E-state index in [2.05, 4.69) is 5.43 Å². The zero-order valence-electron chi connectivity index (χ0n) is 10.4. The highest BCUT2D eigenvalue weighted by atomic mass is 16.5. The molecule has 6 heteroatoms. The molecule has 0 radical (unpaired) electrons. The van der Waals surface area contributed by atoms with Gasteiger partial charge in [0.1, 0.15) is 0 Å². The molecule has 0 bridgehead atoms. The Morgan fingerprint density at radius 3 is 2.89 bits per heavy atom. The molecule has 6 nitrogen and oxygen atoms in total. The van der Waals surface area contributed by atoms with Gasteiger partial charge in [-0.1, -0.05) is 6.07 Å². The Balaban J connectivity index is 1.94. The van der Waals surface area contributed by atoms with E-state index in [4.69, 9.17) is 4.74 Å². The van der Waals surface area contributed by atoms with Crippen LogP contribution in [-0.2, 0) is 9.53 Å². The highest BCUT2D eigenvalue weighted by Gasteiger charge is 2.14. The van der Waals surface area contributed by atoms with Crippen LogP contribution in [-0.4, -0.2) is 48.3 Å². The summed E-state index contributed by atoms with van der Waals surface area (Å²) in [6, 6.07) is 3.44. The third-order valence-corrected chi connectivity index (χ3v) is 2.85. The van der Waals surface area contributed by atoms with Crippen molar-refractivity contribution in [3.8, 4) is 0 Å². The summed E-state index contributed by atoms with van der Waals surface area (Å²) in [6.07, 6.45) is 1.55. The summed E-state index contributed by atoms with van der Waals surface area (Å²) >= 11 is 0. The van der Waals surface area contributed by atoms with Crippen molar-refractivity contribution in [2.45, 2.75) is 6.92 Å². The van der Waals surface area contributed by atoms with Crippen LogP contribution in [0.5, 0.6) is 0 Å². The number of hydrogen-bond donors (Lipinski definition) is 1. The predicted octanol–water partition coefficient (Wildman–Crippen LogP) is -0.441. The first-order chi connectivity index (χ1) is 8.66. The third kappa shape index (κ3) is 3.18. The quantitative estimate of drug-likeness (QED) is 0.791. The van der Waals surface area contributed by atoms with Gasteiger partial charge in [-0.15, -0.1) is 0 Å². The second kappa shape index (κ2) is 5.79. The highest BCUT2D eigenvalue weighted by molar-refractivity contribution is 5.85. The minimum atomic E-state index is -0.201. The highest BCUT2D eigenvalue weighted by Crippen LogP contribution is 1.96. The van der Waals surface area contributed by atoms with Crippen molar-refractivity contribution in [3.63, 3.8) is 0 Å². The van der Waals surface area contributed by atoms with Crippen LogP contribution in [0.1, 0.15) is 5.56 Å². The predicted molar refractivity (Wildman–Crippen MR) is 67.1 cm³/mol. The van der Waals surface area contributed by atoms with Gasteiger partial charge in [-0.2, -0.15) is 0 Å². The fraction of sp³-hybridized carbons (Fsp3) is 0.500. The van der Waals surface area contributed by atoms with Crippen molar-refractivity contribution in [1.82, 2.24) is 9.58 Å². The molecule has 1 N–H and O–H groups in total. The van der Waals surface area contributed by atoms with Crippen LogP contribution in [0.3, 0.4) is 0 Å². The summed E-state index contributed by atoms with van der Waals surface area (Å²) in [4.78, 5) is 25.5. The van der Waals surface area contributed by atoms with E-state index in [9.17, 15) is 9.59 Å². The average Bonchev–Trinajstić information content (AvgIpc) is 2.36. The standard InChI is InChI=1S/C12H17N3O3/c1-10-3-2-4-15(12(10)17)13-11(16)9-14-5-7-18-8-6-14/h2-4H,5-9H2,1H3,(H,13,16). The van der Waals surface area contributed by atoms with Crippen LogP contribution in [0.2, 0.25) is 0 Å². The van der Waals surface area contributed by atoms with Crippen molar-refractivity contribution in [1.29, 1.82) is 0 Å². The molecule has 0 unspecified atom stereocenters. The first kappa shape index (κ1) is 12.8. The summed E-state index contributed by atoms with van der Waals surface area (Å²) in [5.74, 6) is -0.190. The van der Waals surface area contributed by atoms with Gasteiger partial charge >= 0.3 is 0 Å². The number of aromatic nitrogens is 1. The van der Waals surface area contributed by atoms with E-state index >= 15 is 0 Å². The monoisotopic (exact) mass is 251 g/mol. The summed E-state index contributed by atoms with van der Waals surface area (Å²) in [6.45, 7) is 4.79. The number of carbonyl (C=O) groups excluding carboxylic acids is 1. The normalized spacial score (nSPS) is 16.5. The molecule has 0 spiro atoms. The number of ether oxygens (including phenoxy) is 1. The molecule has 1 aromatic rings. The van der Waals surface area contributed by atoms with Crippen LogP contribution < -0.4 is 11.0 Å². The van der Waals surface area contributed by atoms with E-state index < -0.39 is 0 Å². The van der Waals surface area contributed by atoms with Crippen molar-refractivity contribution < 1.29 is 9.53 Å². The number of nitrogens with zero attached hydrogens (tertiary/aromatic N) is 2. The molecule has 0 aromatic carbocycles. The van der Waals surface area contributed by atoms with E-state index in [1.807, 2.05) is 4.90 Å². The number of nitrogens with one attached hydrogen (secondary N) is 1. The number of aryl methyl sites for hydroxylation is 1. The Labute approximate surface area is 105 Å². The topological polar surface area (TPSA) is 63.6 Å². The maximum absolute atomic E-state index is 11.8. The lowest BCUT2D eigenvalue weighted by Gasteiger charge is -2.25. The Morgan fingerprint density at radius 1 is 1.44 bits per heavy atom. The first-order valence-electron chi connectivity index (χ1n) is 5.95. The average molecular weight is 251 g/mol. The van der Waals surface area contributed by atoms with E-state index in [0.29, 0.717) is 18.8 Å². The smallest absolute Gasteiger partial charge is 0.272 e. The number of hydrogen-bond acceptors (Lipinski definition) is 4. The van der Waals surface area contributed by atoms with Crippen molar-refractivity contribution >= 4 is 5.91 Å². The van der Waals surface area contributed by atoms with Gasteiger partial charge < -0.3 is 4.74 Å². The fourth-order valence-corrected chi connectivity index (χ4v) is 1.82. The molecule has 0 saturated carbocycles. The number of morpholine rings is 1. The van der Waals surface area contributed by atoms with Crippen LogP contribution in [0.15, 0.2) is 23.1 Å². The molecule has 98 valence electrons. The number of rotatable bonds is 3. The maximum Gasteiger partial charge on any atom is 0.272 e. The largest absolute Gasteiger partial charge is 0.379 e. The molecule has 1 saturated heterocycles. The molecule has 0 aliphatic carbocycles. The van der Waals surface area contributed by atoms with Gasteiger partial charge in [-0.25, -0.2) is 4.68 Å². The summed E-state index contributed by atoms with van der Waals surface area (Å²) < 4.78 is 6.43. The second-order valence-electron chi connectivity index (χ2n) is 4.29. The van der Waals surface area contributed by atoms with E-state index in [0.717, 1.165) is 13.1 Å². The number of carbonyl (C=O) groups is 1. The lowest BCUT2D eigenvalue weighted by Crippen LogP contribution is -2.44. The Hall–Kier alpha value is -1.66. The summed E-state index contributed by atoms with van der Waals surface area (Å²) in [7, 11) is 0. The van der Waals surface area contributed by atoms with Gasteiger partial charge in [-0.3, -0.25) is 19.9 Å². The van der Waals surface area contributed by atoms with E-state index in [1.165, 1.54) is 4.68 Å². The summed E-state index contributed by atoms with van der Waals surface area (Å²) in [5.41, 5.74) is 2.98. The van der Waals surface area contributed by atoms with Crippen LogP contribution in [0.25, 0.3) is 0 Å². The fourth-order valence-electron chi connectivity index (χ4n) is 1.82. The van der Waals surface area contributed by atoms with Gasteiger partial charge in [0, 0.05) is 24.8 Å². The lowest BCUT2D eigenvalue weighted by molar-refractivity contribution is -0.119. The molecule has 1 aliphatic heterocycles. The Morgan fingerprint density at radius 2 is 2.17 bits per heavy atom. The second-order valence-corrected chi connectivity index (χ2v) is 4.29. The molecular weight excluding hydrogens is 234 g/mol. The van der Waals surface area contributed by atoms with Crippen LogP contribution in [0, 0.1) is 6.92 Å². The molecule has 1 aromatic heterocycles. The SMILES string of the molecule is Cc1cccn(NC(=O)CN2CCOCC2)c1=O. The molecule has 18 heavy (non-hydrogen) atoms. The number of pyridine rings is 1. The minimum Gasteiger partial charge on any atom is -0.379 e. The third-order valence-electron chi connectivity index (χ3n) is 2.85. The molecule has 0 atom stereocenters. The van der Waals surface area contributed by atoms with Crippen molar-refractivity contribution in [3.05, 3.63) is 34.2 Å². The van der Waals surface area contributed by atoms with Crippen molar-refractivity contribution in [2.75, 3.05) is 38.3 Å². The Bertz CT molecular complexity index is 478. The molecule has 1 amide bonds. The minimum absolute atomic E-state index is 0.190. The molecular formula is C12H17N3O3. The number of amides is 1. The van der Waals surface area contributed by atoms with Gasteiger partial charge in [0.2, 0.25) is 0 Å². The lowest BCUT2D eigenvalue weighted by atomic mass is 10.3. The molecule has 2 heterocycles. The van der Waals surface area contributed by atoms with Gasteiger partial charge in [-0.05, 0) is 13.0 Å². The zero-order chi connectivity index (χ0) is 13.0. The Kier molecular flexibility index (Phi) is 4.11. The van der Waals surface area contributed by atoms with Gasteiger partial charge in [0.15, 0.2) is 0 Å². The van der Waals surface area contributed by atoms with Gasteiger partial charge in [0.05, 0.1) is 19.8 Å². The maximum atomic E-state index is 11.8. The summed E-state index contributed by atoms with van der Waals surface area (Å²) in [5, 5.41) is 0. The van der Waals surface area contributed by atoms with Crippen LogP contribution >= 0.6 is 0 Å². The van der Waals surface area contributed by atoms with E-state index in [-0.39, 0.29) is 18.0 Å². The zero-order valence-corrected chi connectivity index (χ0v) is 10.4. The van der Waals surface area contributed by atoms with E-state index in [1.54, 1.807) is 25.3 Å². The molecule has 1 fully saturated rings. The van der Waals surface area contributed by atoms with Gasteiger partial charge in [0.25, 0.3) is 11.5 Å². The van der Waals surface area contributed by atoms with Crippen molar-refractivity contribution in [2.24, 2.45) is 0 Å². The van der Waals surface area contributed by atoms with Crippen LogP contribution in [0.4, 0.5) is 0 Å². The molecule has 1 aliphatic rings. The first-order valence-corrected chi connectivity index (χ1v) is 5.95. The molecule has 2 rings (SSSR count).